The zero-order chi connectivity index (χ0) is 31.9. The van der Waals surface area contributed by atoms with Crippen molar-refractivity contribution in [3.8, 4) is 44.5 Å². The molecule has 2 aliphatic heterocycles. The summed E-state index contributed by atoms with van der Waals surface area (Å²) < 4.78 is 0. The topological polar surface area (TPSA) is 57.4 Å². The van der Waals surface area contributed by atoms with Crippen molar-refractivity contribution in [2.45, 2.75) is 0 Å². The minimum atomic E-state index is 0. The maximum atomic E-state index is 5.35. The molecule has 3 aromatic heterocycles. The molecule has 240 valence electrons. The van der Waals surface area contributed by atoms with E-state index in [1.807, 2.05) is 24.3 Å². The third-order valence-corrected chi connectivity index (χ3v) is 9.00. The molecule has 0 fully saturated rings. The first kappa shape index (κ1) is 33.2. The van der Waals surface area contributed by atoms with Gasteiger partial charge in [0.25, 0.3) is 0 Å². The van der Waals surface area contributed by atoms with Crippen LogP contribution in [0.2, 0.25) is 0 Å². The molecule has 4 nitrogen and oxygen atoms in total. The van der Waals surface area contributed by atoms with Crippen molar-refractivity contribution in [3.63, 3.8) is 0 Å². The number of aromatic nitrogens is 4. The van der Waals surface area contributed by atoms with Gasteiger partial charge in [-0.3, -0.25) is 0 Å². The molecule has 6 heteroatoms. The van der Waals surface area contributed by atoms with E-state index in [-0.39, 0.29) is 38.3 Å². The van der Waals surface area contributed by atoms with E-state index in [1.54, 1.807) is 0 Å². The Morgan fingerprint density at radius 1 is 0.300 bits per heavy atom. The molecule has 8 bridgehead atoms. The molecule has 4 aromatic carbocycles. The van der Waals surface area contributed by atoms with E-state index in [2.05, 4.69) is 156 Å². The third-order valence-electron chi connectivity index (χ3n) is 9.00. The number of rotatable bonds is 4. The summed E-state index contributed by atoms with van der Waals surface area (Å²) in [5.74, 6) is 0. The van der Waals surface area contributed by atoms with E-state index in [4.69, 9.17) is 9.97 Å². The standard InChI is InChI=1S/C44H30N4.ClH.In.3H/c1-5-13-29(14-6-1)41-33-21-23-35(45-33)42(30-15-7-2-8-16-30)37-25-27-39(47-37)44(32-19-11-4-12-20-32)40-28-26-38(48-40)43(31-17-9-3-10-18-31)36-24-22-34(41)46-36;;;;;/h1-28,45,48H;1H;;;;. The number of H-pyrrole nitrogens is 2. The van der Waals surface area contributed by atoms with E-state index in [0.29, 0.717) is 0 Å². The van der Waals surface area contributed by atoms with Gasteiger partial charge in [-0.15, -0.1) is 12.4 Å². The van der Waals surface area contributed by atoms with E-state index in [9.17, 15) is 0 Å². The zero-order valence-corrected chi connectivity index (χ0v) is 27.3. The van der Waals surface area contributed by atoms with Crippen LogP contribution in [-0.4, -0.2) is 45.8 Å². The Morgan fingerprint density at radius 3 is 0.740 bits per heavy atom. The van der Waals surface area contributed by atoms with Crippen LogP contribution < -0.4 is 0 Å². The summed E-state index contributed by atoms with van der Waals surface area (Å²) in [7, 11) is 0. The quantitative estimate of drug-likeness (QED) is 0.187. The predicted octanol–water partition coefficient (Wildman–Crippen LogP) is 10.6. The molecule has 0 aliphatic carbocycles. The maximum absolute atomic E-state index is 5.35. The molecule has 7 aromatic rings. The Kier molecular flexibility index (Phi) is 9.44. The monoisotopic (exact) mass is 768 g/mol. The second kappa shape index (κ2) is 14.2. The second-order valence-corrected chi connectivity index (χ2v) is 12.0. The van der Waals surface area contributed by atoms with Crippen molar-refractivity contribution < 1.29 is 0 Å². The van der Waals surface area contributed by atoms with E-state index < -0.39 is 0 Å². The van der Waals surface area contributed by atoms with Gasteiger partial charge in [-0.05, 0) is 70.8 Å². The van der Waals surface area contributed by atoms with Crippen molar-refractivity contribution in [3.05, 3.63) is 168 Å². The van der Waals surface area contributed by atoms with E-state index in [0.717, 1.165) is 89.4 Å². The van der Waals surface area contributed by atoms with Gasteiger partial charge in [-0.25, -0.2) is 9.97 Å². The molecular formula is C44H34ClInN4. The van der Waals surface area contributed by atoms with Crippen LogP contribution in [0.5, 0.6) is 0 Å². The van der Waals surface area contributed by atoms with Crippen molar-refractivity contribution in [1.29, 1.82) is 0 Å². The first-order chi connectivity index (χ1) is 23.8. The summed E-state index contributed by atoms with van der Waals surface area (Å²) in [6, 6.07) is 50.7. The fourth-order valence-electron chi connectivity index (χ4n) is 6.84. The Morgan fingerprint density at radius 2 is 0.520 bits per heavy atom. The van der Waals surface area contributed by atoms with Gasteiger partial charge in [0.2, 0.25) is 0 Å². The molecule has 0 spiro atoms. The Hall–Kier alpha value is -5.36. The van der Waals surface area contributed by atoms with Crippen LogP contribution in [0, 0.1) is 0 Å². The van der Waals surface area contributed by atoms with Gasteiger partial charge in [0.1, 0.15) is 0 Å². The van der Waals surface area contributed by atoms with Gasteiger partial charge < -0.3 is 9.97 Å². The number of aromatic amines is 2. The number of hydrogen-bond acceptors (Lipinski definition) is 2. The average molecular weight is 769 g/mol. The van der Waals surface area contributed by atoms with E-state index >= 15 is 0 Å². The molecule has 2 aliphatic rings. The molecule has 9 rings (SSSR count). The van der Waals surface area contributed by atoms with Crippen molar-refractivity contribution >= 4 is 84.6 Å². The molecule has 0 saturated heterocycles. The van der Waals surface area contributed by atoms with Crippen molar-refractivity contribution in [2.75, 3.05) is 0 Å². The molecule has 5 heterocycles. The number of fused-ring (bicyclic) bond motifs is 8. The SMILES string of the molecule is C1=Cc2nc1c(-c1ccccc1)c1ccc([nH]1)c(-c1ccccc1)c1nc(c(-c3ccccc3)c3ccc([nH]3)c2-c2ccccc2)C=C1.Cl.[InH3]. The minimum absolute atomic E-state index is 0. The van der Waals surface area contributed by atoms with Gasteiger partial charge in [-0.2, -0.15) is 0 Å². The number of hydrogen-bond donors (Lipinski definition) is 2. The molecule has 0 amide bonds. The van der Waals surface area contributed by atoms with Crippen LogP contribution in [0.1, 0.15) is 22.8 Å². The molecule has 50 heavy (non-hydrogen) atoms. The number of halogens is 1. The van der Waals surface area contributed by atoms with Crippen LogP contribution in [-0.2, 0) is 0 Å². The zero-order valence-electron chi connectivity index (χ0n) is 26.5. The van der Waals surface area contributed by atoms with Crippen LogP contribution in [0.4, 0.5) is 0 Å². The van der Waals surface area contributed by atoms with Gasteiger partial charge in [0, 0.05) is 44.3 Å². The average Bonchev–Trinajstić information content (AvgIpc) is 3.98. The fraction of sp³-hybridized carbons (Fsp3) is 0. The Bertz CT molecular complexity index is 2190. The van der Waals surface area contributed by atoms with Gasteiger partial charge in [0.05, 0.1) is 22.8 Å². The molecule has 0 unspecified atom stereocenters. The van der Waals surface area contributed by atoms with Crippen LogP contribution in [0.3, 0.4) is 0 Å². The van der Waals surface area contributed by atoms with Crippen LogP contribution in [0.15, 0.2) is 146 Å². The molecular weight excluding hydrogens is 735 g/mol. The van der Waals surface area contributed by atoms with Gasteiger partial charge in [0.15, 0.2) is 0 Å². The fourth-order valence-corrected chi connectivity index (χ4v) is 6.84. The number of nitrogens with one attached hydrogen (secondary N) is 2. The molecule has 0 atom stereocenters. The Labute approximate surface area is 315 Å². The molecule has 2 N–H and O–H groups in total. The predicted molar refractivity (Wildman–Crippen MR) is 218 cm³/mol. The normalized spacial score (nSPS) is 11.5. The van der Waals surface area contributed by atoms with Crippen molar-refractivity contribution in [1.82, 2.24) is 19.9 Å². The third kappa shape index (κ3) is 6.04. The summed E-state index contributed by atoms with van der Waals surface area (Å²) in [5, 5.41) is 0. The van der Waals surface area contributed by atoms with Crippen LogP contribution in [0.25, 0.3) is 90.9 Å². The second-order valence-electron chi connectivity index (χ2n) is 12.0. The van der Waals surface area contributed by atoms with Crippen LogP contribution >= 0.6 is 12.4 Å². The van der Waals surface area contributed by atoms with Gasteiger partial charge in [-0.1, -0.05) is 121 Å². The van der Waals surface area contributed by atoms with E-state index in [1.165, 1.54) is 0 Å². The van der Waals surface area contributed by atoms with Gasteiger partial charge >= 0.3 is 25.8 Å². The number of benzene rings is 4. The summed E-state index contributed by atoms with van der Waals surface area (Å²) >= 11 is 0. The summed E-state index contributed by atoms with van der Waals surface area (Å²) in [6.07, 6.45) is 8.54. The molecule has 0 radical (unpaired) electrons. The summed E-state index contributed by atoms with van der Waals surface area (Å²) in [4.78, 5) is 18.3. The summed E-state index contributed by atoms with van der Waals surface area (Å²) in [6.45, 7) is 0. The summed E-state index contributed by atoms with van der Waals surface area (Å²) in [5.41, 5.74) is 16.2. The molecule has 0 saturated carbocycles. The first-order valence-corrected chi connectivity index (χ1v) is 16.2. The first-order valence-electron chi connectivity index (χ1n) is 16.2. The number of nitrogens with zero attached hydrogens (tertiary/aromatic N) is 2. The Balaban J connectivity index is 0.00000196. The van der Waals surface area contributed by atoms with Crippen molar-refractivity contribution in [2.24, 2.45) is 0 Å².